The minimum absolute atomic E-state index is 0.240. The van der Waals surface area contributed by atoms with Crippen molar-refractivity contribution in [3.8, 4) is 0 Å². The van der Waals surface area contributed by atoms with Gasteiger partial charge >= 0.3 is 0 Å². The van der Waals surface area contributed by atoms with Crippen LogP contribution in [0.25, 0.3) is 0 Å². The summed E-state index contributed by atoms with van der Waals surface area (Å²) in [6.45, 7) is 1.05. The third-order valence-electron chi connectivity index (χ3n) is 4.45. The smallest absolute Gasteiger partial charge is 0.243 e. The fourth-order valence-electron chi connectivity index (χ4n) is 3.41. The number of aliphatic hydroxyl groups is 1. The lowest BCUT2D eigenvalue weighted by atomic mass is 10.0. The third kappa shape index (κ3) is 2.20. The van der Waals surface area contributed by atoms with Crippen LogP contribution in [0.2, 0.25) is 0 Å². The van der Waals surface area contributed by atoms with Crippen molar-refractivity contribution in [3.05, 3.63) is 29.8 Å². The molecular formula is C14H19NO3S. The van der Waals surface area contributed by atoms with E-state index in [0.717, 1.165) is 12.8 Å². The highest BCUT2D eigenvalue weighted by molar-refractivity contribution is 7.89. The molecule has 0 radical (unpaired) electrons. The van der Waals surface area contributed by atoms with Gasteiger partial charge in [0.25, 0.3) is 0 Å². The van der Waals surface area contributed by atoms with Crippen molar-refractivity contribution in [3.63, 3.8) is 0 Å². The van der Waals surface area contributed by atoms with Gasteiger partial charge in [0.15, 0.2) is 0 Å². The maximum atomic E-state index is 12.7. The Kier molecular flexibility index (Phi) is 3.37. The van der Waals surface area contributed by atoms with Crippen molar-refractivity contribution in [1.82, 2.24) is 4.31 Å². The summed E-state index contributed by atoms with van der Waals surface area (Å²) in [5, 5.41) is 9.30. The molecule has 2 aliphatic rings. The Labute approximate surface area is 114 Å². The minimum atomic E-state index is -3.45. The molecule has 0 bridgehead atoms. The Morgan fingerprint density at radius 1 is 1.16 bits per heavy atom. The first-order chi connectivity index (χ1) is 9.13. The predicted octanol–water partition coefficient (Wildman–Crippen LogP) is 1.60. The number of hydrogen-bond donors (Lipinski definition) is 1. The third-order valence-corrected chi connectivity index (χ3v) is 6.39. The fourth-order valence-corrected chi connectivity index (χ4v) is 5.18. The molecule has 1 saturated heterocycles. The van der Waals surface area contributed by atoms with Gasteiger partial charge < -0.3 is 5.11 Å². The van der Waals surface area contributed by atoms with Crippen molar-refractivity contribution >= 4 is 10.0 Å². The van der Waals surface area contributed by atoms with Crippen molar-refractivity contribution < 1.29 is 13.5 Å². The lowest BCUT2D eigenvalue weighted by molar-refractivity contribution is 0.278. The van der Waals surface area contributed by atoms with Crippen LogP contribution in [0.15, 0.2) is 29.2 Å². The van der Waals surface area contributed by atoms with E-state index in [1.165, 1.54) is 6.42 Å². The summed E-state index contributed by atoms with van der Waals surface area (Å²) in [4.78, 5) is 0.262. The van der Waals surface area contributed by atoms with Crippen LogP contribution >= 0.6 is 0 Å². The van der Waals surface area contributed by atoms with Crippen molar-refractivity contribution in [2.45, 2.75) is 30.8 Å². The zero-order chi connectivity index (χ0) is 13.5. The van der Waals surface area contributed by atoms with Crippen molar-refractivity contribution in [2.24, 2.45) is 11.8 Å². The van der Waals surface area contributed by atoms with Crippen molar-refractivity contribution in [2.75, 3.05) is 13.1 Å². The Balaban J connectivity index is 1.91. The Morgan fingerprint density at radius 2 is 1.79 bits per heavy atom. The minimum Gasteiger partial charge on any atom is -0.392 e. The summed E-state index contributed by atoms with van der Waals surface area (Å²) >= 11 is 0. The molecule has 1 aromatic carbocycles. The summed E-state index contributed by atoms with van der Waals surface area (Å²) in [6, 6.07) is 6.73. The fraction of sp³-hybridized carbons (Fsp3) is 0.571. The molecule has 4 nitrogen and oxygen atoms in total. The lowest BCUT2D eigenvalue weighted by Gasteiger charge is -2.19. The van der Waals surface area contributed by atoms with Crippen LogP contribution in [-0.4, -0.2) is 30.9 Å². The van der Waals surface area contributed by atoms with Crippen LogP contribution in [0.1, 0.15) is 24.8 Å². The maximum Gasteiger partial charge on any atom is 0.243 e. The number of hydrogen-bond acceptors (Lipinski definition) is 3. The molecule has 0 amide bonds. The molecule has 2 fully saturated rings. The molecule has 1 aliphatic carbocycles. The Bertz CT molecular complexity index is 558. The van der Waals surface area contributed by atoms with E-state index >= 15 is 0 Å². The topological polar surface area (TPSA) is 57.6 Å². The number of aliphatic hydroxyl groups excluding tert-OH is 1. The molecule has 3 rings (SSSR count). The molecule has 5 heteroatoms. The second-order valence-corrected chi connectivity index (χ2v) is 7.45. The van der Waals surface area contributed by atoms with Crippen LogP contribution in [0.4, 0.5) is 0 Å². The van der Waals surface area contributed by atoms with Gasteiger partial charge in [0.1, 0.15) is 0 Å². The molecule has 1 saturated carbocycles. The largest absolute Gasteiger partial charge is 0.392 e. The van der Waals surface area contributed by atoms with Gasteiger partial charge in [-0.1, -0.05) is 24.6 Å². The zero-order valence-corrected chi connectivity index (χ0v) is 11.6. The Hall–Kier alpha value is -0.910. The molecule has 2 atom stereocenters. The average molecular weight is 281 g/mol. The number of nitrogens with zero attached hydrogens (tertiary/aromatic N) is 1. The van der Waals surface area contributed by atoms with Gasteiger partial charge in [0, 0.05) is 13.1 Å². The first kappa shape index (κ1) is 13.1. The highest BCUT2D eigenvalue weighted by Crippen LogP contribution is 2.40. The maximum absolute atomic E-state index is 12.7. The highest BCUT2D eigenvalue weighted by atomic mass is 32.2. The van der Waals surface area contributed by atoms with Crippen LogP contribution in [-0.2, 0) is 16.6 Å². The zero-order valence-electron chi connectivity index (χ0n) is 10.8. The van der Waals surface area contributed by atoms with Crippen LogP contribution < -0.4 is 0 Å². The van der Waals surface area contributed by atoms with E-state index in [1.807, 2.05) is 0 Å². The second kappa shape index (κ2) is 4.89. The summed E-state index contributed by atoms with van der Waals surface area (Å²) < 4.78 is 26.9. The van der Waals surface area contributed by atoms with Gasteiger partial charge in [-0.15, -0.1) is 0 Å². The van der Waals surface area contributed by atoms with E-state index in [-0.39, 0.29) is 11.5 Å². The van der Waals surface area contributed by atoms with Gasteiger partial charge in [-0.05, 0) is 36.3 Å². The SMILES string of the molecule is O=S(=O)(c1ccccc1CO)N1CC2CCCC2C1. The summed E-state index contributed by atoms with van der Waals surface area (Å²) in [5.74, 6) is 1.08. The van der Waals surface area contributed by atoms with Gasteiger partial charge in [-0.3, -0.25) is 0 Å². The standard InChI is InChI=1S/C14H19NO3S/c16-10-13-4-1-2-7-14(13)19(17,18)15-8-11-5-3-6-12(11)9-15/h1-2,4,7,11-12,16H,3,5-6,8-10H2. The molecule has 0 aromatic heterocycles. The van der Waals surface area contributed by atoms with E-state index in [1.54, 1.807) is 28.6 Å². The quantitative estimate of drug-likeness (QED) is 0.915. The predicted molar refractivity (Wildman–Crippen MR) is 72.0 cm³/mol. The Morgan fingerprint density at radius 3 is 2.42 bits per heavy atom. The summed E-state index contributed by atoms with van der Waals surface area (Å²) in [5.41, 5.74) is 0.486. The molecule has 2 unspecified atom stereocenters. The summed E-state index contributed by atoms with van der Waals surface area (Å²) in [6.07, 6.45) is 3.53. The molecule has 0 spiro atoms. The van der Waals surface area contributed by atoms with Gasteiger partial charge in [0.2, 0.25) is 10.0 Å². The van der Waals surface area contributed by atoms with E-state index in [9.17, 15) is 13.5 Å². The van der Waals surface area contributed by atoms with E-state index in [2.05, 4.69) is 0 Å². The number of benzene rings is 1. The normalized spacial score (nSPS) is 27.6. The van der Waals surface area contributed by atoms with Crippen LogP contribution in [0.5, 0.6) is 0 Å². The van der Waals surface area contributed by atoms with Crippen LogP contribution in [0, 0.1) is 11.8 Å². The number of fused-ring (bicyclic) bond motifs is 1. The average Bonchev–Trinajstić information content (AvgIpc) is 2.99. The second-order valence-electron chi connectivity index (χ2n) is 5.54. The molecule has 1 N–H and O–H groups in total. The molecule has 1 aliphatic heterocycles. The van der Waals surface area contributed by atoms with Crippen molar-refractivity contribution in [1.29, 1.82) is 0 Å². The monoisotopic (exact) mass is 281 g/mol. The number of rotatable bonds is 3. The first-order valence-corrected chi connectivity index (χ1v) is 8.26. The molecule has 1 heterocycles. The highest BCUT2D eigenvalue weighted by Gasteiger charge is 2.41. The van der Waals surface area contributed by atoms with Gasteiger partial charge in [-0.2, -0.15) is 4.31 Å². The van der Waals surface area contributed by atoms with Gasteiger partial charge in [-0.25, -0.2) is 8.42 Å². The van der Waals surface area contributed by atoms with E-state index in [0.29, 0.717) is 30.5 Å². The molecule has 1 aromatic rings. The number of sulfonamides is 1. The molecular weight excluding hydrogens is 262 g/mol. The van der Waals surface area contributed by atoms with Crippen LogP contribution in [0.3, 0.4) is 0 Å². The molecule has 19 heavy (non-hydrogen) atoms. The molecule has 104 valence electrons. The van der Waals surface area contributed by atoms with Gasteiger partial charge in [0.05, 0.1) is 11.5 Å². The van der Waals surface area contributed by atoms with E-state index < -0.39 is 10.0 Å². The summed E-state index contributed by atoms with van der Waals surface area (Å²) in [7, 11) is -3.45. The first-order valence-electron chi connectivity index (χ1n) is 6.82. The lowest BCUT2D eigenvalue weighted by Crippen LogP contribution is -2.30. The van der Waals surface area contributed by atoms with E-state index in [4.69, 9.17) is 0 Å².